The molecule has 4 heteroatoms. The number of carbonyl (C=O) groups is 1. The van der Waals surface area contributed by atoms with Gasteiger partial charge in [-0.1, -0.05) is 18.2 Å². The van der Waals surface area contributed by atoms with Gasteiger partial charge in [0.25, 0.3) is 0 Å². The fourth-order valence-electron chi connectivity index (χ4n) is 1.80. The van der Waals surface area contributed by atoms with Crippen molar-refractivity contribution in [1.29, 1.82) is 0 Å². The highest BCUT2D eigenvalue weighted by molar-refractivity contribution is 5.76. The van der Waals surface area contributed by atoms with Crippen LogP contribution in [-0.4, -0.2) is 31.4 Å². The van der Waals surface area contributed by atoms with Gasteiger partial charge in [0, 0.05) is 32.7 Å². The molecule has 0 saturated carbocycles. The van der Waals surface area contributed by atoms with Crippen LogP contribution in [0.15, 0.2) is 54.6 Å². The zero-order chi connectivity index (χ0) is 15.1. The molecule has 0 heterocycles. The maximum absolute atomic E-state index is 11.5. The molecule has 0 fully saturated rings. The third-order valence-corrected chi connectivity index (χ3v) is 3.00. The maximum Gasteiger partial charge on any atom is 0.223 e. The minimum absolute atomic E-state index is 0.117. The van der Waals surface area contributed by atoms with Gasteiger partial charge in [0.1, 0.15) is 11.5 Å². The molecule has 0 aliphatic heterocycles. The Bertz CT molecular complexity index is 565. The summed E-state index contributed by atoms with van der Waals surface area (Å²) in [7, 11) is 3.52. The van der Waals surface area contributed by atoms with E-state index in [1.165, 1.54) is 0 Å². The molecule has 0 spiro atoms. The molecule has 21 heavy (non-hydrogen) atoms. The largest absolute Gasteiger partial charge is 0.457 e. The first-order valence-electron chi connectivity index (χ1n) is 6.92. The molecule has 2 rings (SSSR count). The summed E-state index contributed by atoms with van der Waals surface area (Å²) in [4.78, 5) is 13.1. The zero-order valence-electron chi connectivity index (χ0n) is 12.4. The van der Waals surface area contributed by atoms with E-state index in [4.69, 9.17) is 4.74 Å². The minimum Gasteiger partial charge on any atom is -0.457 e. The molecule has 0 atom stereocenters. The number of hydrogen-bond donors (Lipinski definition) is 1. The maximum atomic E-state index is 11.5. The lowest BCUT2D eigenvalue weighted by molar-refractivity contribution is -0.128. The number of ether oxygens (including phenoxy) is 1. The first-order chi connectivity index (χ1) is 10.1. The Morgan fingerprint density at radius 1 is 1.00 bits per heavy atom. The molecule has 0 bridgehead atoms. The lowest BCUT2D eigenvalue weighted by Gasteiger charge is -2.11. The second-order valence-electron chi connectivity index (χ2n) is 4.90. The minimum atomic E-state index is 0.117. The van der Waals surface area contributed by atoms with Gasteiger partial charge in [-0.2, -0.15) is 0 Å². The van der Waals surface area contributed by atoms with Crippen LogP contribution in [0.3, 0.4) is 0 Å². The normalized spacial score (nSPS) is 10.0. The monoisotopic (exact) mass is 284 g/mol. The molecule has 0 saturated heterocycles. The van der Waals surface area contributed by atoms with E-state index < -0.39 is 0 Å². The van der Waals surface area contributed by atoms with Crippen molar-refractivity contribution in [2.75, 3.05) is 26.0 Å². The second-order valence-corrected chi connectivity index (χ2v) is 4.90. The Balaban J connectivity index is 1.83. The van der Waals surface area contributed by atoms with Crippen molar-refractivity contribution in [3.8, 4) is 11.5 Å². The van der Waals surface area contributed by atoms with Crippen LogP contribution >= 0.6 is 0 Å². The van der Waals surface area contributed by atoms with Crippen molar-refractivity contribution in [3.63, 3.8) is 0 Å². The van der Waals surface area contributed by atoms with E-state index in [1.807, 2.05) is 54.6 Å². The fourth-order valence-corrected chi connectivity index (χ4v) is 1.80. The first kappa shape index (κ1) is 14.9. The molecule has 0 radical (unpaired) electrons. The van der Waals surface area contributed by atoms with Gasteiger partial charge in [-0.3, -0.25) is 4.79 Å². The quantitative estimate of drug-likeness (QED) is 0.884. The van der Waals surface area contributed by atoms with Crippen molar-refractivity contribution in [2.24, 2.45) is 0 Å². The van der Waals surface area contributed by atoms with Crippen LogP contribution in [0.2, 0.25) is 0 Å². The first-order valence-corrected chi connectivity index (χ1v) is 6.92. The SMILES string of the molecule is CN(C)C(=O)CCNc1ccc(Oc2ccccc2)cc1. The number of nitrogens with zero attached hydrogens (tertiary/aromatic N) is 1. The van der Waals surface area contributed by atoms with Gasteiger partial charge in [-0.05, 0) is 36.4 Å². The number of rotatable bonds is 6. The molecule has 0 aliphatic carbocycles. The van der Waals surface area contributed by atoms with Crippen LogP contribution in [-0.2, 0) is 4.79 Å². The molecule has 0 aromatic heterocycles. The molecule has 4 nitrogen and oxygen atoms in total. The van der Waals surface area contributed by atoms with Crippen molar-refractivity contribution < 1.29 is 9.53 Å². The van der Waals surface area contributed by atoms with E-state index in [-0.39, 0.29) is 5.91 Å². The van der Waals surface area contributed by atoms with E-state index in [9.17, 15) is 4.79 Å². The zero-order valence-corrected chi connectivity index (χ0v) is 12.4. The van der Waals surface area contributed by atoms with Crippen molar-refractivity contribution in [1.82, 2.24) is 4.90 Å². The van der Waals surface area contributed by atoms with Crippen molar-refractivity contribution in [3.05, 3.63) is 54.6 Å². The highest BCUT2D eigenvalue weighted by Gasteiger charge is 2.03. The summed E-state index contributed by atoms with van der Waals surface area (Å²) >= 11 is 0. The summed E-state index contributed by atoms with van der Waals surface area (Å²) in [6, 6.07) is 17.4. The molecule has 0 aliphatic rings. The van der Waals surface area contributed by atoms with Gasteiger partial charge in [0.05, 0.1) is 0 Å². The molecule has 2 aromatic rings. The lowest BCUT2D eigenvalue weighted by Crippen LogP contribution is -2.23. The summed E-state index contributed by atoms with van der Waals surface area (Å²) in [5.41, 5.74) is 0.974. The van der Waals surface area contributed by atoms with Crippen molar-refractivity contribution >= 4 is 11.6 Å². The van der Waals surface area contributed by atoms with Crippen molar-refractivity contribution in [2.45, 2.75) is 6.42 Å². The lowest BCUT2D eigenvalue weighted by atomic mass is 10.3. The molecule has 1 amide bonds. The van der Waals surface area contributed by atoms with Gasteiger partial charge in [-0.25, -0.2) is 0 Å². The van der Waals surface area contributed by atoms with Crippen LogP contribution in [0, 0.1) is 0 Å². The van der Waals surface area contributed by atoms with Gasteiger partial charge >= 0.3 is 0 Å². The van der Waals surface area contributed by atoms with Crippen LogP contribution < -0.4 is 10.1 Å². The smallest absolute Gasteiger partial charge is 0.223 e. The average molecular weight is 284 g/mol. The summed E-state index contributed by atoms with van der Waals surface area (Å²) in [5, 5.41) is 3.22. The Hall–Kier alpha value is -2.49. The Morgan fingerprint density at radius 2 is 1.62 bits per heavy atom. The molecule has 110 valence electrons. The fraction of sp³-hybridized carbons (Fsp3) is 0.235. The molecule has 0 unspecified atom stereocenters. The van der Waals surface area contributed by atoms with Gasteiger partial charge in [0.2, 0.25) is 5.91 Å². The van der Waals surface area contributed by atoms with E-state index >= 15 is 0 Å². The second kappa shape index (κ2) is 7.33. The molecule has 2 aromatic carbocycles. The van der Waals surface area contributed by atoms with E-state index in [0.717, 1.165) is 17.2 Å². The van der Waals surface area contributed by atoms with Crippen LogP contribution in [0.25, 0.3) is 0 Å². The third-order valence-electron chi connectivity index (χ3n) is 3.00. The highest BCUT2D eigenvalue weighted by atomic mass is 16.5. The summed E-state index contributed by atoms with van der Waals surface area (Å²) in [5.74, 6) is 1.72. The molecular weight excluding hydrogens is 264 g/mol. The van der Waals surface area contributed by atoms with Crippen LogP contribution in [0.1, 0.15) is 6.42 Å². The number of para-hydroxylation sites is 1. The van der Waals surface area contributed by atoms with Gasteiger partial charge < -0.3 is 15.0 Å². The number of hydrogen-bond acceptors (Lipinski definition) is 3. The Morgan fingerprint density at radius 3 is 2.24 bits per heavy atom. The Kier molecular flexibility index (Phi) is 5.21. The van der Waals surface area contributed by atoms with Gasteiger partial charge in [-0.15, -0.1) is 0 Å². The molecular formula is C17H20N2O2. The number of benzene rings is 2. The van der Waals surface area contributed by atoms with Crippen LogP contribution in [0.4, 0.5) is 5.69 Å². The average Bonchev–Trinajstić information content (AvgIpc) is 2.50. The predicted octanol–water partition coefficient (Wildman–Crippen LogP) is 3.37. The standard InChI is InChI=1S/C17H20N2O2/c1-19(2)17(20)12-13-18-14-8-10-16(11-9-14)21-15-6-4-3-5-7-15/h3-11,18H,12-13H2,1-2H3. The summed E-state index contributed by atoms with van der Waals surface area (Å²) in [6.07, 6.45) is 0.481. The van der Waals surface area contributed by atoms with E-state index in [2.05, 4.69) is 5.32 Å². The molecule has 1 N–H and O–H groups in total. The topological polar surface area (TPSA) is 41.6 Å². The predicted molar refractivity (Wildman–Crippen MR) is 84.8 cm³/mol. The van der Waals surface area contributed by atoms with Gasteiger partial charge in [0.15, 0.2) is 0 Å². The number of anilines is 1. The Labute approximate surface area is 125 Å². The highest BCUT2D eigenvalue weighted by Crippen LogP contribution is 2.22. The number of amides is 1. The third kappa shape index (κ3) is 4.84. The van der Waals surface area contributed by atoms with E-state index in [0.29, 0.717) is 13.0 Å². The number of nitrogens with one attached hydrogen (secondary N) is 1. The number of carbonyl (C=O) groups excluding carboxylic acids is 1. The summed E-state index contributed by atoms with van der Waals surface area (Å²) < 4.78 is 5.72. The van der Waals surface area contributed by atoms with E-state index in [1.54, 1.807) is 19.0 Å². The van der Waals surface area contributed by atoms with Crippen LogP contribution in [0.5, 0.6) is 11.5 Å². The summed E-state index contributed by atoms with van der Waals surface area (Å²) in [6.45, 7) is 0.621.